The smallest absolute Gasteiger partial charge is 0.430 e. The van der Waals surface area contributed by atoms with E-state index in [0.717, 1.165) is 23.8 Å². The quantitative estimate of drug-likeness (QED) is 0.671. The zero-order valence-electron chi connectivity index (χ0n) is 18.2. The third kappa shape index (κ3) is 4.85. The minimum Gasteiger partial charge on any atom is -0.542 e. The highest BCUT2D eigenvalue weighted by atomic mass is 19.4. The van der Waals surface area contributed by atoms with Crippen LogP contribution in [0.4, 0.5) is 18.9 Å². The number of aromatic nitrogens is 1. The van der Waals surface area contributed by atoms with Crippen molar-refractivity contribution in [1.82, 2.24) is 0 Å². The van der Waals surface area contributed by atoms with Crippen molar-refractivity contribution in [3.05, 3.63) is 24.5 Å². The molecular formula is C24H33F3N2O2. The van der Waals surface area contributed by atoms with Gasteiger partial charge in [-0.25, -0.2) is 0 Å². The second kappa shape index (κ2) is 8.62. The summed E-state index contributed by atoms with van der Waals surface area (Å²) in [6.45, 7) is 0. The first-order valence-corrected chi connectivity index (χ1v) is 11.7. The second-order valence-corrected chi connectivity index (χ2v) is 10.3. The van der Waals surface area contributed by atoms with Gasteiger partial charge in [-0.3, -0.25) is 0 Å². The predicted molar refractivity (Wildman–Crippen MR) is 109 cm³/mol. The highest BCUT2D eigenvalue weighted by molar-refractivity contribution is 5.70. The number of aliphatic carboxylic acids is 1. The summed E-state index contributed by atoms with van der Waals surface area (Å²) in [6.07, 6.45) is 15.6. The SMILES string of the molecule is CN(c1cc[n+](C23CC4CC(CC(C4)C2)C3)cc1)C1CCCCC1.O=C([O-])C(F)(F)F. The Hall–Kier alpha value is -1.79. The van der Waals surface area contributed by atoms with Gasteiger partial charge in [-0.1, -0.05) is 19.3 Å². The lowest BCUT2D eigenvalue weighted by Crippen LogP contribution is -2.64. The van der Waals surface area contributed by atoms with E-state index in [-0.39, 0.29) is 0 Å². The highest BCUT2D eigenvalue weighted by Gasteiger charge is 2.56. The number of carbonyl (C=O) groups is 1. The van der Waals surface area contributed by atoms with Gasteiger partial charge in [-0.2, -0.15) is 17.7 Å². The van der Waals surface area contributed by atoms with E-state index in [1.807, 2.05) is 0 Å². The van der Waals surface area contributed by atoms with Crippen molar-refractivity contribution in [1.29, 1.82) is 0 Å². The molecule has 4 nitrogen and oxygen atoms in total. The Bertz CT molecular complexity index is 737. The lowest BCUT2D eigenvalue weighted by atomic mass is 9.53. The summed E-state index contributed by atoms with van der Waals surface area (Å²) < 4.78 is 34.2. The highest BCUT2D eigenvalue weighted by Crippen LogP contribution is 2.56. The van der Waals surface area contributed by atoms with Crippen LogP contribution in [0.5, 0.6) is 0 Å². The van der Waals surface area contributed by atoms with Crippen LogP contribution in [-0.2, 0) is 10.3 Å². The van der Waals surface area contributed by atoms with Crippen molar-refractivity contribution in [2.24, 2.45) is 17.8 Å². The maximum atomic E-state index is 10.5. The van der Waals surface area contributed by atoms with Gasteiger partial charge in [0.15, 0.2) is 17.9 Å². The van der Waals surface area contributed by atoms with Crippen LogP contribution in [0.15, 0.2) is 24.5 Å². The van der Waals surface area contributed by atoms with Gasteiger partial charge in [-0.15, -0.1) is 0 Å². The van der Waals surface area contributed by atoms with E-state index in [9.17, 15) is 13.2 Å². The molecule has 1 aromatic heterocycles. The number of pyridine rings is 1. The van der Waals surface area contributed by atoms with E-state index in [1.54, 1.807) is 0 Å². The first-order valence-electron chi connectivity index (χ1n) is 11.7. The van der Waals surface area contributed by atoms with Crippen molar-refractivity contribution in [2.45, 2.75) is 88.4 Å². The number of carbonyl (C=O) groups excluding carboxylic acids is 1. The zero-order valence-corrected chi connectivity index (χ0v) is 18.2. The predicted octanol–water partition coefficient (Wildman–Crippen LogP) is 3.97. The average Bonchev–Trinajstić information content (AvgIpc) is 2.73. The fraction of sp³-hybridized carbons (Fsp3) is 0.750. The summed E-state index contributed by atoms with van der Waals surface area (Å²) in [6, 6.07) is 5.55. The van der Waals surface area contributed by atoms with Crippen LogP contribution in [0.2, 0.25) is 0 Å². The fourth-order valence-electron chi connectivity index (χ4n) is 7.03. The summed E-state index contributed by atoms with van der Waals surface area (Å²) >= 11 is 0. The minimum absolute atomic E-state index is 0.469. The molecule has 5 fully saturated rings. The summed E-state index contributed by atoms with van der Waals surface area (Å²) in [5.41, 5.74) is 1.89. The number of nitrogens with zero attached hydrogens (tertiary/aromatic N) is 2. The van der Waals surface area contributed by atoms with Crippen molar-refractivity contribution in [3.8, 4) is 0 Å². The van der Waals surface area contributed by atoms with Crippen LogP contribution in [0.25, 0.3) is 0 Å². The van der Waals surface area contributed by atoms with E-state index in [4.69, 9.17) is 9.90 Å². The van der Waals surface area contributed by atoms with Crippen molar-refractivity contribution in [2.75, 3.05) is 11.9 Å². The molecule has 5 aliphatic carbocycles. The van der Waals surface area contributed by atoms with Gasteiger partial charge in [0, 0.05) is 50.2 Å². The van der Waals surface area contributed by atoms with E-state index in [1.165, 1.54) is 76.3 Å². The Balaban J connectivity index is 0.000000289. The summed E-state index contributed by atoms with van der Waals surface area (Å²) in [4.78, 5) is 11.3. The van der Waals surface area contributed by atoms with Crippen molar-refractivity contribution in [3.63, 3.8) is 0 Å². The molecule has 6 rings (SSSR count). The van der Waals surface area contributed by atoms with Crippen LogP contribution < -0.4 is 14.6 Å². The number of hydrogen-bond donors (Lipinski definition) is 0. The molecule has 5 aliphatic rings. The summed E-state index contributed by atoms with van der Waals surface area (Å²) in [5, 5.41) is 8.78. The Morgan fingerprint density at radius 1 is 1.00 bits per heavy atom. The molecule has 7 heteroatoms. The molecule has 0 atom stereocenters. The molecule has 0 amide bonds. The maximum absolute atomic E-state index is 10.5. The minimum atomic E-state index is -5.19. The molecule has 1 aromatic rings. The first kappa shape index (κ1) is 22.4. The van der Waals surface area contributed by atoms with Gasteiger partial charge in [0.25, 0.3) is 0 Å². The number of halogens is 3. The molecular weight excluding hydrogens is 405 g/mol. The van der Waals surface area contributed by atoms with Gasteiger partial charge in [-0.05, 0) is 49.9 Å². The summed E-state index contributed by atoms with van der Waals surface area (Å²) in [5.74, 6) is 0.0579. The molecule has 1 heterocycles. The number of rotatable bonds is 3. The number of carboxylic acid groups (broad SMARTS) is 1. The number of anilines is 1. The van der Waals surface area contributed by atoms with Crippen molar-refractivity contribution < 1.29 is 27.6 Å². The lowest BCUT2D eigenvalue weighted by molar-refractivity contribution is -0.776. The first-order chi connectivity index (χ1) is 14.7. The van der Waals surface area contributed by atoms with E-state index >= 15 is 0 Å². The number of hydrogen-bond acceptors (Lipinski definition) is 3. The van der Waals surface area contributed by atoms with Crippen LogP contribution >= 0.6 is 0 Å². The fourth-order valence-corrected chi connectivity index (χ4v) is 7.03. The molecule has 0 radical (unpaired) electrons. The Kier molecular flexibility index (Phi) is 6.23. The van der Waals surface area contributed by atoms with Crippen LogP contribution in [-0.4, -0.2) is 25.2 Å². The molecule has 4 bridgehead atoms. The standard InChI is InChI=1S/C22H33N2.C2HF3O2/c1-23(20-5-3-2-4-6-20)21-7-9-24(10-8-21)22-14-17-11-18(15-22)13-19(12-17)16-22;3-2(4,5)1(6)7/h7-10,17-20H,2-6,11-16H2,1H3;(H,6,7)/q+1;/p-1. The molecule has 0 N–H and O–H groups in total. The largest absolute Gasteiger partial charge is 0.542 e. The average molecular weight is 439 g/mol. The molecule has 5 saturated carbocycles. The van der Waals surface area contributed by atoms with Gasteiger partial charge in [0.1, 0.15) is 5.97 Å². The molecule has 0 spiro atoms. The van der Waals surface area contributed by atoms with E-state index in [2.05, 4.69) is 41.0 Å². The molecule has 0 saturated heterocycles. The van der Waals surface area contributed by atoms with Crippen LogP contribution in [0.3, 0.4) is 0 Å². The third-order valence-corrected chi connectivity index (χ3v) is 8.13. The van der Waals surface area contributed by atoms with Gasteiger partial charge in [0.2, 0.25) is 0 Å². The topological polar surface area (TPSA) is 47.2 Å². The monoisotopic (exact) mass is 438 g/mol. The Morgan fingerprint density at radius 3 is 1.87 bits per heavy atom. The van der Waals surface area contributed by atoms with Crippen LogP contribution in [0, 0.1) is 17.8 Å². The van der Waals surface area contributed by atoms with Crippen molar-refractivity contribution >= 4 is 11.7 Å². The molecule has 0 aromatic carbocycles. The Morgan fingerprint density at radius 2 is 1.45 bits per heavy atom. The third-order valence-electron chi connectivity index (χ3n) is 8.13. The molecule has 31 heavy (non-hydrogen) atoms. The molecule has 172 valence electrons. The number of alkyl halides is 3. The lowest BCUT2D eigenvalue weighted by Gasteiger charge is -2.53. The normalized spacial score (nSPS) is 32.3. The van der Waals surface area contributed by atoms with Crippen LogP contribution in [0.1, 0.15) is 70.6 Å². The molecule has 0 aliphatic heterocycles. The second-order valence-electron chi connectivity index (χ2n) is 10.3. The van der Waals surface area contributed by atoms with E-state index in [0.29, 0.717) is 5.54 Å². The van der Waals surface area contributed by atoms with Gasteiger partial charge < -0.3 is 14.8 Å². The van der Waals surface area contributed by atoms with Gasteiger partial charge >= 0.3 is 6.18 Å². The Labute approximate surface area is 182 Å². The number of carboxylic acids is 1. The van der Waals surface area contributed by atoms with E-state index < -0.39 is 12.1 Å². The zero-order chi connectivity index (χ0) is 22.2. The molecule has 0 unspecified atom stereocenters. The summed E-state index contributed by atoms with van der Waals surface area (Å²) in [7, 11) is 2.31. The van der Waals surface area contributed by atoms with Gasteiger partial charge in [0.05, 0.1) is 0 Å². The maximum Gasteiger partial charge on any atom is 0.430 e.